The van der Waals surface area contributed by atoms with Crippen molar-refractivity contribution in [2.24, 2.45) is 0 Å². The standard InChI is InChI=1S/C11H12N2O4/c1-15-8-5-4-7(6-9(8)16-2)10(13-12)11(14)17-3/h4-6H,1-3H3. The zero-order valence-corrected chi connectivity index (χ0v) is 9.76. The van der Waals surface area contributed by atoms with E-state index in [0.717, 1.165) is 0 Å². The topological polar surface area (TPSA) is 81.2 Å². The molecule has 0 spiro atoms. The van der Waals surface area contributed by atoms with Crippen molar-refractivity contribution in [3.63, 3.8) is 0 Å². The predicted octanol–water partition coefficient (Wildman–Crippen LogP) is 0.896. The van der Waals surface area contributed by atoms with Crippen LogP contribution in [0.25, 0.3) is 5.53 Å². The van der Waals surface area contributed by atoms with Crippen LogP contribution in [0.4, 0.5) is 0 Å². The first-order valence-corrected chi connectivity index (χ1v) is 4.70. The molecule has 1 aromatic rings. The largest absolute Gasteiger partial charge is 0.493 e. The van der Waals surface area contributed by atoms with E-state index in [-0.39, 0.29) is 5.71 Å². The zero-order valence-electron chi connectivity index (χ0n) is 9.76. The average molecular weight is 236 g/mol. The molecule has 0 amide bonds. The molecule has 6 nitrogen and oxygen atoms in total. The molecule has 0 fully saturated rings. The van der Waals surface area contributed by atoms with Gasteiger partial charge in [0.25, 0.3) is 0 Å². The Balaban J connectivity index is 3.24. The van der Waals surface area contributed by atoms with Gasteiger partial charge in [0.1, 0.15) is 0 Å². The van der Waals surface area contributed by atoms with Crippen molar-refractivity contribution in [2.75, 3.05) is 21.3 Å². The van der Waals surface area contributed by atoms with Gasteiger partial charge in [-0.3, -0.25) is 0 Å². The molecule has 1 aromatic carbocycles. The number of methoxy groups -OCH3 is 3. The first-order valence-electron chi connectivity index (χ1n) is 4.70. The molecule has 0 radical (unpaired) electrons. The van der Waals surface area contributed by atoms with E-state index >= 15 is 0 Å². The minimum absolute atomic E-state index is 0.201. The van der Waals surface area contributed by atoms with Crippen molar-refractivity contribution in [2.45, 2.75) is 0 Å². The molecule has 0 aromatic heterocycles. The summed E-state index contributed by atoms with van der Waals surface area (Å²) in [4.78, 5) is 14.2. The average Bonchev–Trinajstić information content (AvgIpc) is 2.38. The van der Waals surface area contributed by atoms with Crippen LogP contribution in [0, 0.1) is 0 Å². The molecule has 0 bridgehead atoms. The van der Waals surface area contributed by atoms with E-state index in [9.17, 15) is 4.79 Å². The van der Waals surface area contributed by atoms with E-state index in [1.165, 1.54) is 27.4 Å². The molecule has 0 aliphatic carbocycles. The van der Waals surface area contributed by atoms with Crippen molar-refractivity contribution in [1.29, 1.82) is 0 Å². The highest BCUT2D eigenvalue weighted by Crippen LogP contribution is 2.27. The normalized spacial score (nSPS) is 9.12. The smallest absolute Gasteiger partial charge is 0.422 e. The number of carbonyl (C=O) groups is 1. The van der Waals surface area contributed by atoms with Crippen LogP contribution in [0.15, 0.2) is 18.2 Å². The Kier molecular flexibility index (Phi) is 4.25. The quantitative estimate of drug-likeness (QED) is 0.336. The summed E-state index contributed by atoms with van der Waals surface area (Å²) in [6.07, 6.45) is 0. The lowest BCUT2D eigenvalue weighted by Crippen LogP contribution is -2.18. The molecule has 0 aliphatic rings. The molecule has 1 rings (SSSR count). The van der Waals surface area contributed by atoms with Gasteiger partial charge < -0.3 is 19.7 Å². The van der Waals surface area contributed by atoms with Gasteiger partial charge in [-0.1, -0.05) is 0 Å². The van der Waals surface area contributed by atoms with E-state index in [0.29, 0.717) is 17.1 Å². The second-order valence-corrected chi connectivity index (χ2v) is 3.01. The number of hydrogen-bond acceptors (Lipinski definition) is 4. The highest BCUT2D eigenvalue weighted by molar-refractivity contribution is 6.40. The zero-order chi connectivity index (χ0) is 12.8. The number of nitrogens with zero attached hydrogens (tertiary/aromatic N) is 2. The number of esters is 1. The van der Waals surface area contributed by atoms with E-state index in [1.54, 1.807) is 12.1 Å². The SMILES string of the molecule is COC(=O)C(=[N+]=[N-])c1ccc(OC)c(OC)c1. The van der Waals surface area contributed by atoms with Crippen LogP contribution in [0.2, 0.25) is 0 Å². The Morgan fingerprint density at radius 2 is 1.82 bits per heavy atom. The van der Waals surface area contributed by atoms with Gasteiger partial charge in [0.2, 0.25) is 0 Å². The van der Waals surface area contributed by atoms with Gasteiger partial charge in [-0.2, -0.15) is 4.79 Å². The van der Waals surface area contributed by atoms with Crippen LogP contribution in [-0.4, -0.2) is 37.8 Å². The fourth-order valence-electron chi connectivity index (χ4n) is 1.30. The van der Waals surface area contributed by atoms with Gasteiger partial charge in [0.15, 0.2) is 11.5 Å². The molecule has 0 N–H and O–H groups in total. The van der Waals surface area contributed by atoms with Crippen LogP contribution >= 0.6 is 0 Å². The number of benzene rings is 1. The molecule has 0 atom stereocenters. The number of carbonyl (C=O) groups excluding carboxylic acids is 1. The molecule has 0 heterocycles. The van der Waals surface area contributed by atoms with E-state index in [2.05, 4.69) is 9.53 Å². The fourth-order valence-corrected chi connectivity index (χ4v) is 1.30. The van der Waals surface area contributed by atoms with Crippen LogP contribution < -0.4 is 9.47 Å². The third kappa shape index (κ3) is 2.62. The van der Waals surface area contributed by atoms with Crippen molar-refractivity contribution < 1.29 is 23.8 Å². The highest BCUT2D eigenvalue weighted by Gasteiger charge is 2.24. The molecule has 0 aliphatic heterocycles. The van der Waals surface area contributed by atoms with Crippen molar-refractivity contribution in [3.8, 4) is 11.5 Å². The van der Waals surface area contributed by atoms with Crippen LogP contribution in [0.5, 0.6) is 11.5 Å². The summed E-state index contributed by atoms with van der Waals surface area (Å²) in [5.74, 6) is 0.202. The number of ether oxygens (including phenoxy) is 3. The Morgan fingerprint density at radius 3 is 2.29 bits per heavy atom. The van der Waals surface area contributed by atoms with Crippen molar-refractivity contribution in [1.82, 2.24) is 0 Å². The van der Waals surface area contributed by atoms with E-state index in [1.807, 2.05) is 0 Å². The van der Waals surface area contributed by atoms with Crippen molar-refractivity contribution >= 4 is 11.7 Å². The first kappa shape index (κ1) is 12.7. The molecular weight excluding hydrogens is 224 g/mol. The third-order valence-corrected chi connectivity index (χ3v) is 2.14. The Morgan fingerprint density at radius 1 is 1.18 bits per heavy atom. The summed E-state index contributed by atoms with van der Waals surface area (Å²) in [7, 11) is 4.17. The molecule has 17 heavy (non-hydrogen) atoms. The summed E-state index contributed by atoms with van der Waals surface area (Å²) in [6, 6.07) is 4.68. The van der Waals surface area contributed by atoms with Crippen molar-refractivity contribution in [3.05, 3.63) is 29.3 Å². The Labute approximate surface area is 98.3 Å². The maximum Gasteiger partial charge on any atom is 0.422 e. The maximum absolute atomic E-state index is 11.3. The predicted molar refractivity (Wildman–Crippen MR) is 59.3 cm³/mol. The van der Waals surface area contributed by atoms with Gasteiger partial charge >= 0.3 is 11.7 Å². The monoisotopic (exact) mass is 236 g/mol. The third-order valence-electron chi connectivity index (χ3n) is 2.14. The second-order valence-electron chi connectivity index (χ2n) is 3.01. The summed E-state index contributed by atoms with van der Waals surface area (Å²) in [6.45, 7) is 0. The molecule has 0 saturated heterocycles. The molecule has 0 saturated carbocycles. The minimum Gasteiger partial charge on any atom is -0.493 e. The Bertz CT molecular complexity index is 478. The fraction of sp³-hybridized carbons (Fsp3) is 0.273. The van der Waals surface area contributed by atoms with Gasteiger partial charge in [-0.25, -0.2) is 4.79 Å². The minimum atomic E-state index is -0.736. The van der Waals surface area contributed by atoms with Gasteiger partial charge in [0, 0.05) is 0 Å². The lowest BCUT2D eigenvalue weighted by atomic mass is 10.1. The van der Waals surface area contributed by atoms with Gasteiger partial charge in [-0.15, -0.1) is 0 Å². The van der Waals surface area contributed by atoms with Crippen LogP contribution in [0.3, 0.4) is 0 Å². The summed E-state index contributed by atoms with van der Waals surface area (Å²) in [5, 5.41) is 0. The van der Waals surface area contributed by atoms with E-state index < -0.39 is 5.97 Å². The summed E-state index contributed by atoms with van der Waals surface area (Å²) < 4.78 is 14.6. The number of rotatable bonds is 4. The van der Waals surface area contributed by atoms with E-state index in [4.69, 9.17) is 15.0 Å². The first-order chi connectivity index (χ1) is 8.17. The molecule has 0 unspecified atom stereocenters. The Hall–Kier alpha value is -2.33. The molecular formula is C11H12N2O4. The summed E-state index contributed by atoms with van der Waals surface area (Å²) in [5.41, 5.74) is 8.96. The van der Waals surface area contributed by atoms with Gasteiger partial charge in [0.05, 0.1) is 26.9 Å². The van der Waals surface area contributed by atoms with Crippen LogP contribution in [-0.2, 0) is 9.53 Å². The lowest BCUT2D eigenvalue weighted by molar-refractivity contribution is -0.137. The number of hydrogen-bond donors (Lipinski definition) is 0. The maximum atomic E-state index is 11.3. The molecule has 90 valence electrons. The van der Waals surface area contributed by atoms with Gasteiger partial charge in [-0.05, 0) is 18.2 Å². The highest BCUT2D eigenvalue weighted by atomic mass is 16.5. The second kappa shape index (κ2) is 5.67. The van der Waals surface area contributed by atoms with Crippen LogP contribution in [0.1, 0.15) is 5.56 Å². The summed E-state index contributed by atoms with van der Waals surface area (Å²) >= 11 is 0. The molecule has 6 heteroatoms. The lowest BCUT2D eigenvalue weighted by Gasteiger charge is -2.07.